The van der Waals surface area contributed by atoms with Gasteiger partial charge in [-0.1, -0.05) is 54.1 Å². The number of halogens is 1. The number of aromatic nitrogens is 1. The highest BCUT2D eigenvalue weighted by molar-refractivity contribution is 7.13. The first-order valence-electron chi connectivity index (χ1n) is 7.12. The largest absolute Gasteiger partial charge is 0.477 e. The Morgan fingerprint density at radius 1 is 1.04 bits per heavy atom. The molecule has 0 atom stereocenters. The summed E-state index contributed by atoms with van der Waals surface area (Å²) < 4.78 is 0. The summed E-state index contributed by atoms with van der Waals surface area (Å²) in [7, 11) is 0. The summed E-state index contributed by atoms with van der Waals surface area (Å²) in [5.74, 6) is -0.925. The van der Waals surface area contributed by atoms with E-state index in [1.807, 2.05) is 54.6 Å². The first-order chi connectivity index (χ1) is 11.1. The fourth-order valence-electron chi connectivity index (χ4n) is 2.37. The molecule has 3 aromatic rings. The lowest BCUT2D eigenvalue weighted by Crippen LogP contribution is -1.99. The van der Waals surface area contributed by atoms with E-state index in [0.717, 1.165) is 16.1 Å². The molecule has 0 saturated carbocycles. The van der Waals surface area contributed by atoms with Crippen LogP contribution in [-0.2, 0) is 12.8 Å². The number of nitrogens with zero attached hydrogens (tertiary/aromatic N) is 1. The maximum Gasteiger partial charge on any atom is 0.347 e. The molecular formula is C18H14ClNO2S. The topological polar surface area (TPSA) is 50.2 Å². The summed E-state index contributed by atoms with van der Waals surface area (Å²) in [6.45, 7) is 0. The van der Waals surface area contributed by atoms with E-state index in [1.54, 1.807) is 0 Å². The van der Waals surface area contributed by atoms with E-state index in [-0.39, 0.29) is 0 Å². The molecule has 0 spiro atoms. The third-order valence-corrected chi connectivity index (χ3v) is 4.72. The highest BCUT2D eigenvalue weighted by Crippen LogP contribution is 2.24. The van der Waals surface area contributed by atoms with Gasteiger partial charge in [0.2, 0.25) is 0 Å². The third-order valence-electron chi connectivity index (χ3n) is 3.39. The molecule has 1 heterocycles. The van der Waals surface area contributed by atoms with Gasteiger partial charge >= 0.3 is 5.97 Å². The maximum atomic E-state index is 11.5. The van der Waals surface area contributed by atoms with Crippen LogP contribution < -0.4 is 0 Å². The number of benzene rings is 2. The van der Waals surface area contributed by atoms with Crippen LogP contribution in [0.1, 0.15) is 31.5 Å². The van der Waals surface area contributed by atoms with Crippen molar-refractivity contribution in [3.63, 3.8) is 0 Å². The van der Waals surface area contributed by atoms with E-state index in [4.69, 9.17) is 11.6 Å². The Bertz CT molecular complexity index is 830. The summed E-state index contributed by atoms with van der Waals surface area (Å²) in [6.07, 6.45) is 1.11. The van der Waals surface area contributed by atoms with Crippen molar-refractivity contribution in [3.8, 4) is 0 Å². The van der Waals surface area contributed by atoms with Gasteiger partial charge in [0, 0.05) is 17.9 Å². The summed E-state index contributed by atoms with van der Waals surface area (Å²) in [5, 5.41) is 10.9. The van der Waals surface area contributed by atoms with Crippen LogP contribution in [0.5, 0.6) is 0 Å². The van der Waals surface area contributed by atoms with Crippen molar-refractivity contribution in [2.45, 2.75) is 12.8 Å². The van der Waals surface area contributed by atoms with Crippen LogP contribution in [0.3, 0.4) is 0 Å². The number of hydrogen-bond acceptors (Lipinski definition) is 3. The molecule has 0 aliphatic heterocycles. The number of hydrogen-bond donors (Lipinski definition) is 1. The molecule has 1 aromatic heterocycles. The number of thiazole rings is 1. The minimum Gasteiger partial charge on any atom is -0.477 e. The fraction of sp³-hybridized carbons (Fsp3) is 0.111. The predicted octanol–water partition coefficient (Wildman–Crippen LogP) is 4.68. The normalized spacial score (nSPS) is 10.7. The lowest BCUT2D eigenvalue weighted by molar-refractivity contribution is 0.0701. The Hall–Kier alpha value is -2.17. The molecule has 0 bridgehead atoms. The molecule has 1 N–H and O–H groups in total. The lowest BCUT2D eigenvalue weighted by Gasteiger charge is -1.99. The van der Waals surface area contributed by atoms with Crippen molar-refractivity contribution in [2.24, 2.45) is 0 Å². The van der Waals surface area contributed by atoms with Gasteiger partial charge in [0.1, 0.15) is 4.88 Å². The molecule has 3 rings (SSSR count). The fourth-order valence-corrected chi connectivity index (χ4v) is 3.54. The molecule has 0 unspecified atom stereocenters. The molecule has 5 heteroatoms. The Morgan fingerprint density at radius 2 is 1.78 bits per heavy atom. The van der Waals surface area contributed by atoms with Gasteiger partial charge in [-0.2, -0.15) is 0 Å². The van der Waals surface area contributed by atoms with Crippen LogP contribution in [0.2, 0.25) is 5.02 Å². The zero-order valence-corrected chi connectivity index (χ0v) is 13.8. The van der Waals surface area contributed by atoms with E-state index in [0.29, 0.717) is 28.4 Å². The zero-order chi connectivity index (χ0) is 16.2. The van der Waals surface area contributed by atoms with Gasteiger partial charge in [-0.15, -0.1) is 11.3 Å². The Morgan fingerprint density at radius 3 is 2.48 bits per heavy atom. The van der Waals surface area contributed by atoms with Gasteiger partial charge < -0.3 is 5.11 Å². The second-order valence-corrected chi connectivity index (χ2v) is 6.68. The molecule has 0 radical (unpaired) electrons. The van der Waals surface area contributed by atoms with Crippen molar-refractivity contribution >= 4 is 28.9 Å². The van der Waals surface area contributed by atoms with Crippen LogP contribution in [-0.4, -0.2) is 16.1 Å². The molecule has 23 heavy (non-hydrogen) atoms. The first-order valence-corrected chi connectivity index (χ1v) is 8.31. The van der Waals surface area contributed by atoms with Gasteiger partial charge in [0.05, 0.1) is 10.7 Å². The zero-order valence-electron chi connectivity index (χ0n) is 12.2. The minimum absolute atomic E-state index is 0.311. The number of carboxylic acids is 1. The average molecular weight is 344 g/mol. The third kappa shape index (κ3) is 3.97. The van der Waals surface area contributed by atoms with Gasteiger partial charge in [-0.25, -0.2) is 9.78 Å². The van der Waals surface area contributed by atoms with E-state index in [1.165, 1.54) is 11.3 Å². The molecule has 0 fully saturated rings. The molecular weight excluding hydrogens is 330 g/mol. The average Bonchev–Trinajstić information content (AvgIpc) is 2.91. The maximum absolute atomic E-state index is 11.5. The Labute approximate surface area is 143 Å². The highest BCUT2D eigenvalue weighted by atomic mass is 35.5. The van der Waals surface area contributed by atoms with Gasteiger partial charge in [-0.05, 0) is 23.3 Å². The van der Waals surface area contributed by atoms with Gasteiger partial charge in [-0.3, -0.25) is 0 Å². The minimum atomic E-state index is -0.925. The number of rotatable bonds is 5. The Balaban J connectivity index is 1.88. The van der Waals surface area contributed by atoms with E-state index in [2.05, 4.69) is 4.98 Å². The number of aromatic carboxylic acids is 1. The van der Waals surface area contributed by atoms with Crippen molar-refractivity contribution in [3.05, 3.63) is 86.3 Å². The van der Waals surface area contributed by atoms with Crippen molar-refractivity contribution in [1.82, 2.24) is 4.98 Å². The molecule has 3 nitrogen and oxygen atoms in total. The monoisotopic (exact) mass is 343 g/mol. The summed E-state index contributed by atoms with van der Waals surface area (Å²) in [4.78, 5) is 16.3. The second-order valence-electron chi connectivity index (χ2n) is 5.16. The second kappa shape index (κ2) is 6.94. The van der Waals surface area contributed by atoms with Crippen molar-refractivity contribution in [1.29, 1.82) is 0 Å². The van der Waals surface area contributed by atoms with Crippen LogP contribution in [0, 0.1) is 0 Å². The van der Waals surface area contributed by atoms with E-state index >= 15 is 0 Å². The molecule has 0 amide bonds. The Kier molecular flexibility index (Phi) is 4.74. The predicted molar refractivity (Wildman–Crippen MR) is 92.6 cm³/mol. The quantitative estimate of drug-likeness (QED) is 0.732. The SMILES string of the molecule is O=C(O)c1sc(Cc2cccc(Cl)c2)nc1Cc1ccccc1. The van der Waals surface area contributed by atoms with Crippen molar-refractivity contribution in [2.75, 3.05) is 0 Å². The van der Waals surface area contributed by atoms with Crippen LogP contribution in [0.4, 0.5) is 0 Å². The van der Waals surface area contributed by atoms with Crippen molar-refractivity contribution < 1.29 is 9.90 Å². The molecule has 116 valence electrons. The highest BCUT2D eigenvalue weighted by Gasteiger charge is 2.17. The van der Waals surface area contributed by atoms with Gasteiger partial charge in [0.15, 0.2) is 0 Å². The summed E-state index contributed by atoms with van der Waals surface area (Å²) in [5.41, 5.74) is 2.69. The van der Waals surface area contributed by atoms with E-state index in [9.17, 15) is 9.90 Å². The van der Waals surface area contributed by atoms with Crippen LogP contribution in [0.15, 0.2) is 54.6 Å². The number of carboxylic acid groups (broad SMARTS) is 1. The standard InChI is InChI=1S/C18H14ClNO2S/c19-14-8-4-7-13(9-14)11-16-20-15(17(23-16)18(21)22)10-12-5-2-1-3-6-12/h1-9H,10-11H2,(H,21,22). The number of carbonyl (C=O) groups is 1. The van der Waals surface area contributed by atoms with Crippen LogP contribution in [0.25, 0.3) is 0 Å². The summed E-state index contributed by atoms with van der Waals surface area (Å²) in [6, 6.07) is 17.3. The smallest absolute Gasteiger partial charge is 0.347 e. The molecule has 0 aliphatic rings. The summed E-state index contributed by atoms with van der Waals surface area (Å²) >= 11 is 7.23. The molecule has 0 saturated heterocycles. The van der Waals surface area contributed by atoms with Crippen LogP contribution >= 0.6 is 22.9 Å². The lowest BCUT2D eigenvalue weighted by atomic mass is 10.1. The van der Waals surface area contributed by atoms with E-state index < -0.39 is 5.97 Å². The molecule has 0 aliphatic carbocycles. The first kappa shape index (κ1) is 15.7. The molecule has 2 aromatic carbocycles. The van der Waals surface area contributed by atoms with Gasteiger partial charge in [0.25, 0.3) is 0 Å².